The summed E-state index contributed by atoms with van der Waals surface area (Å²) in [5.74, 6) is -0.828. The highest BCUT2D eigenvalue weighted by atomic mass is 19.1. The summed E-state index contributed by atoms with van der Waals surface area (Å²) in [5.41, 5.74) is 13.3. The number of halogens is 1. The van der Waals surface area contributed by atoms with E-state index in [1.54, 1.807) is 13.8 Å². The number of hydrogen-bond donors (Lipinski definition) is 4. The average Bonchev–Trinajstić information content (AvgIpc) is 3.25. The Balaban J connectivity index is 1.48. The second kappa shape index (κ2) is 11.2. The van der Waals surface area contributed by atoms with Gasteiger partial charge in [-0.2, -0.15) is 0 Å². The average molecular weight is 497 g/mol. The number of rotatable bonds is 9. The molecule has 2 aliphatic rings. The Hall–Kier alpha value is -2.65. The van der Waals surface area contributed by atoms with E-state index in [-0.39, 0.29) is 41.5 Å². The zero-order valence-corrected chi connectivity index (χ0v) is 21.1. The van der Waals surface area contributed by atoms with Crippen molar-refractivity contribution >= 4 is 11.7 Å². The fourth-order valence-electron chi connectivity index (χ4n) is 5.42. The highest BCUT2D eigenvalue weighted by molar-refractivity contribution is 5.93. The van der Waals surface area contributed by atoms with E-state index in [1.807, 2.05) is 42.5 Å². The van der Waals surface area contributed by atoms with Crippen LogP contribution in [0.2, 0.25) is 0 Å². The maximum absolute atomic E-state index is 13.8. The number of ether oxygens (including phenoxy) is 1. The number of hydrazine groups is 1. The topological polar surface area (TPSA) is 105 Å². The van der Waals surface area contributed by atoms with Gasteiger partial charge in [0.25, 0.3) is 0 Å². The number of ketones is 1. The molecule has 1 spiro atoms. The molecular weight excluding hydrogens is 459 g/mol. The van der Waals surface area contributed by atoms with Crippen LogP contribution in [0.5, 0.6) is 0 Å². The second-order valence-corrected chi connectivity index (χ2v) is 10.7. The summed E-state index contributed by atoms with van der Waals surface area (Å²) in [6.07, 6.45) is 3.15. The number of hydrogen-bond acceptors (Lipinski definition) is 6. The highest BCUT2D eigenvalue weighted by Crippen LogP contribution is 2.44. The molecule has 2 aromatic carbocycles. The molecule has 4 rings (SSSR count). The Labute approximate surface area is 212 Å². The van der Waals surface area contributed by atoms with Crippen LogP contribution in [0.15, 0.2) is 54.6 Å². The normalized spacial score (nSPS) is 25.0. The van der Waals surface area contributed by atoms with Gasteiger partial charge >= 0.3 is 0 Å². The standard InChI is InChI=1S/C28H37FN4O3/c1-27(2,30)26(35)32-24(18-36-17-19-7-4-3-5-8-19)25(34)21-9-6-14-28(15-21)23(16-31-33-28)20-10-12-22(29)13-11-20/h3-5,7-8,10-13,21,23-24,31,33H,6,9,14-18,30H2,1-2H3,(H,32,35)/t21?,23-,24-,28-/m1/s1. The highest BCUT2D eigenvalue weighted by Gasteiger charge is 2.48. The van der Waals surface area contributed by atoms with Crippen molar-refractivity contribution in [2.24, 2.45) is 11.7 Å². The van der Waals surface area contributed by atoms with Gasteiger partial charge in [-0.3, -0.25) is 20.4 Å². The van der Waals surface area contributed by atoms with Crippen LogP contribution < -0.4 is 21.9 Å². The number of carbonyl (C=O) groups excluding carboxylic acids is 2. The van der Waals surface area contributed by atoms with E-state index in [1.165, 1.54) is 12.1 Å². The molecule has 1 aliphatic carbocycles. The first kappa shape index (κ1) is 26.4. The monoisotopic (exact) mass is 496 g/mol. The van der Waals surface area contributed by atoms with Gasteiger partial charge in [0.05, 0.1) is 18.8 Å². The van der Waals surface area contributed by atoms with Gasteiger partial charge in [-0.15, -0.1) is 0 Å². The van der Waals surface area contributed by atoms with E-state index in [4.69, 9.17) is 10.5 Å². The fourth-order valence-corrected chi connectivity index (χ4v) is 5.42. The van der Waals surface area contributed by atoms with Crippen molar-refractivity contribution in [3.05, 3.63) is 71.5 Å². The summed E-state index contributed by atoms with van der Waals surface area (Å²) >= 11 is 0. The van der Waals surface area contributed by atoms with Gasteiger partial charge < -0.3 is 15.8 Å². The number of nitrogens with one attached hydrogen (secondary N) is 3. The molecule has 194 valence electrons. The molecule has 4 atom stereocenters. The third-order valence-corrected chi connectivity index (χ3v) is 7.40. The van der Waals surface area contributed by atoms with E-state index >= 15 is 0 Å². The van der Waals surface area contributed by atoms with Gasteiger partial charge in [0.1, 0.15) is 11.9 Å². The molecule has 5 N–H and O–H groups in total. The van der Waals surface area contributed by atoms with Crippen LogP contribution >= 0.6 is 0 Å². The molecule has 1 saturated carbocycles. The van der Waals surface area contributed by atoms with Crippen molar-refractivity contribution in [3.63, 3.8) is 0 Å². The predicted octanol–water partition coefficient (Wildman–Crippen LogP) is 2.95. The van der Waals surface area contributed by atoms with Gasteiger partial charge in [-0.25, -0.2) is 4.39 Å². The lowest BCUT2D eigenvalue weighted by Crippen LogP contribution is -2.57. The first-order valence-corrected chi connectivity index (χ1v) is 12.7. The van der Waals surface area contributed by atoms with Crippen LogP contribution in [0, 0.1) is 11.7 Å². The van der Waals surface area contributed by atoms with Crippen LogP contribution in [0.25, 0.3) is 0 Å². The molecule has 0 radical (unpaired) electrons. The third kappa shape index (κ3) is 6.18. The van der Waals surface area contributed by atoms with Crippen LogP contribution in [-0.2, 0) is 20.9 Å². The van der Waals surface area contributed by atoms with Gasteiger partial charge in [0.2, 0.25) is 5.91 Å². The number of benzene rings is 2. The van der Waals surface area contributed by atoms with E-state index < -0.39 is 11.6 Å². The van der Waals surface area contributed by atoms with Crippen molar-refractivity contribution in [3.8, 4) is 0 Å². The Bertz CT molecular complexity index is 1040. The number of nitrogens with two attached hydrogens (primary N) is 1. The first-order valence-electron chi connectivity index (χ1n) is 12.7. The van der Waals surface area contributed by atoms with E-state index in [2.05, 4.69) is 16.2 Å². The summed E-state index contributed by atoms with van der Waals surface area (Å²) in [6, 6.07) is 15.5. The number of amides is 1. The molecule has 1 heterocycles. The van der Waals surface area contributed by atoms with Crippen LogP contribution in [-0.4, -0.2) is 42.0 Å². The molecule has 8 heteroatoms. The lowest BCUT2D eigenvalue weighted by molar-refractivity contribution is -0.134. The van der Waals surface area contributed by atoms with Crippen molar-refractivity contribution < 1.29 is 18.7 Å². The first-order chi connectivity index (χ1) is 17.2. The van der Waals surface area contributed by atoms with Crippen LogP contribution in [0.1, 0.15) is 56.6 Å². The number of Topliss-reactive ketones (excluding diaryl/α,β-unsaturated/α-hetero) is 1. The lowest BCUT2D eigenvalue weighted by atomic mass is 9.66. The van der Waals surface area contributed by atoms with E-state index in [9.17, 15) is 14.0 Å². The summed E-state index contributed by atoms with van der Waals surface area (Å²) < 4.78 is 19.4. The minimum absolute atomic E-state index is 0.0358. The zero-order chi connectivity index (χ0) is 25.8. The Morgan fingerprint density at radius 1 is 1.19 bits per heavy atom. The summed E-state index contributed by atoms with van der Waals surface area (Å²) in [7, 11) is 0. The van der Waals surface area contributed by atoms with E-state index in [0.717, 1.165) is 30.4 Å². The molecule has 36 heavy (non-hydrogen) atoms. The summed E-state index contributed by atoms with van der Waals surface area (Å²) in [6.45, 7) is 4.36. The second-order valence-electron chi connectivity index (χ2n) is 10.7. The van der Waals surface area contributed by atoms with Crippen molar-refractivity contribution in [1.29, 1.82) is 0 Å². The van der Waals surface area contributed by atoms with Crippen LogP contribution in [0.4, 0.5) is 4.39 Å². The smallest absolute Gasteiger partial charge is 0.240 e. The zero-order valence-electron chi connectivity index (χ0n) is 21.1. The molecule has 2 aromatic rings. The number of carbonyl (C=O) groups is 2. The lowest BCUT2D eigenvalue weighted by Gasteiger charge is -2.42. The largest absolute Gasteiger partial charge is 0.374 e. The quantitative estimate of drug-likeness (QED) is 0.426. The maximum Gasteiger partial charge on any atom is 0.240 e. The van der Waals surface area contributed by atoms with Crippen molar-refractivity contribution in [1.82, 2.24) is 16.2 Å². The summed E-state index contributed by atoms with van der Waals surface area (Å²) in [5, 5.41) is 2.85. The molecule has 7 nitrogen and oxygen atoms in total. The van der Waals surface area contributed by atoms with Crippen molar-refractivity contribution in [2.75, 3.05) is 13.2 Å². The van der Waals surface area contributed by atoms with Gasteiger partial charge in [-0.1, -0.05) is 48.9 Å². The molecular formula is C28H37FN4O3. The maximum atomic E-state index is 13.8. The minimum atomic E-state index is -1.11. The molecule has 0 aromatic heterocycles. The molecule has 1 amide bonds. The molecule has 1 aliphatic heterocycles. The molecule has 0 bridgehead atoms. The Morgan fingerprint density at radius 2 is 1.92 bits per heavy atom. The molecule has 2 fully saturated rings. The van der Waals surface area contributed by atoms with E-state index in [0.29, 0.717) is 19.6 Å². The predicted molar refractivity (Wildman–Crippen MR) is 136 cm³/mol. The third-order valence-electron chi connectivity index (χ3n) is 7.40. The fraction of sp³-hybridized carbons (Fsp3) is 0.500. The Kier molecular flexibility index (Phi) is 8.20. The molecule has 1 unspecified atom stereocenters. The SMILES string of the molecule is CC(C)(N)C(=O)N[C@H](COCc1ccccc1)C(=O)C1CCC[C@]2(C1)NNC[C@@H]2c1ccc(F)cc1. The van der Waals surface area contributed by atoms with Gasteiger partial charge in [-0.05, 0) is 56.4 Å². The Morgan fingerprint density at radius 3 is 2.61 bits per heavy atom. The van der Waals surface area contributed by atoms with Crippen LogP contribution in [0.3, 0.4) is 0 Å². The van der Waals surface area contributed by atoms with Gasteiger partial charge in [0, 0.05) is 23.9 Å². The molecule has 1 saturated heterocycles. The van der Waals surface area contributed by atoms with Crippen molar-refractivity contribution in [2.45, 2.75) is 69.2 Å². The van der Waals surface area contributed by atoms with Gasteiger partial charge in [0.15, 0.2) is 5.78 Å². The summed E-state index contributed by atoms with van der Waals surface area (Å²) in [4.78, 5) is 26.5. The minimum Gasteiger partial charge on any atom is -0.374 e.